The summed E-state index contributed by atoms with van der Waals surface area (Å²) >= 11 is 11.8. The van der Waals surface area contributed by atoms with Crippen molar-refractivity contribution in [3.8, 4) is 5.75 Å². The van der Waals surface area contributed by atoms with E-state index in [4.69, 9.17) is 32.2 Å². The minimum atomic E-state index is -3.14. The van der Waals surface area contributed by atoms with Crippen LogP contribution in [0, 0.1) is 0 Å². The molecule has 0 aliphatic rings. The quantitative estimate of drug-likeness (QED) is 0.313. The molecule has 0 aliphatic heterocycles. The molecule has 1 aromatic carbocycles. The van der Waals surface area contributed by atoms with E-state index in [9.17, 15) is 4.57 Å². The molecule has 6 heteroatoms. The summed E-state index contributed by atoms with van der Waals surface area (Å²) in [7, 11) is -3.14. The predicted octanol–water partition coefficient (Wildman–Crippen LogP) is 6.96. The van der Waals surface area contributed by atoms with Crippen LogP contribution < -0.4 is 4.52 Å². The highest BCUT2D eigenvalue weighted by molar-refractivity contribution is 7.54. The van der Waals surface area contributed by atoms with Gasteiger partial charge in [0.1, 0.15) is 5.75 Å². The van der Waals surface area contributed by atoms with Crippen molar-refractivity contribution in [3.05, 3.63) is 28.2 Å². The first-order valence-corrected chi connectivity index (χ1v) is 10.4. The lowest BCUT2D eigenvalue weighted by Gasteiger charge is -2.19. The molecule has 22 heavy (non-hydrogen) atoms. The number of rotatable bonds is 11. The smallest absolute Gasteiger partial charge is 0.379 e. The van der Waals surface area contributed by atoms with E-state index in [1.807, 2.05) is 6.92 Å². The van der Waals surface area contributed by atoms with Gasteiger partial charge in [0.2, 0.25) is 0 Å². The van der Waals surface area contributed by atoms with Crippen molar-refractivity contribution in [2.75, 3.05) is 12.8 Å². The predicted molar refractivity (Wildman–Crippen MR) is 94.6 cm³/mol. The van der Waals surface area contributed by atoms with Crippen LogP contribution in [0.2, 0.25) is 10.0 Å². The Morgan fingerprint density at radius 2 is 1.73 bits per heavy atom. The summed E-state index contributed by atoms with van der Waals surface area (Å²) < 4.78 is 24.1. The van der Waals surface area contributed by atoms with Crippen LogP contribution in [0.5, 0.6) is 5.75 Å². The molecular formula is C16H25Cl2O3P. The summed E-state index contributed by atoms with van der Waals surface area (Å²) in [4.78, 5) is 0. The zero-order valence-electron chi connectivity index (χ0n) is 13.3. The molecule has 126 valence electrons. The second-order valence-electron chi connectivity index (χ2n) is 5.25. The van der Waals surface area contributed by atoms with Crippen molar-refractivity contribution in [3.63, 3.8) is 0 Å². The Hall–Kier alpha value is -0.210. The van der Waals surface area contributed by atoms with E-state index in [0.29, 0.717) is 28.6 Å². The van der Waals surface area contributed by atoms with Crippen molar-refractivity contribution in [1.82, 2.24) is 0 Å². The monoisotopic (exact) mass is 366 g/mol. The minimum Gasteiger partial charge on any atom is -0.424 e. The van der Waals surface area contributed by atoms with Gasteiger partial charge < -0.3 is 4.52 Å². The summed E-state index contributed by atoms with van der Waals surface area (Å²) in [6.07, 6.45) is 6.45. The summed E-state index contributed by atoms with van der Waals surface area (Å²) in [5, 5.41) is 0.821. The van der Waals surface area contributed by atoms with Crippen molar-refractivity contribution >= 4 is 30.8 Å². The lowest BCUT2D eigenvalue weighted by Crippen LogP contribution is -2.04. The molecule has 0 amide bonds. The number of hydrogen-bond acceptors (Lipinski definition) is 3. The summed E-state index contributed by atoms with van der Waals surface area (Å²) in [6, 6.07) is 4.86. The minimum absolute atomic E-state index is 0.379. The first-order chi connectivity index (χ1) is 10.5. The number of unbranched alkanes of at least 4 members (excludes halogenated alkanes) is 4. The highest BCUT2D eigenvalue weighted by Crippen LogP contribution is 2.49. The van der Waals surface area contributed by atoms with Gasteiger partial charge in [-0.15, -0.1) is 0 Å². The Morgan fingerprint density at radius 1 is 1.00 bits per heavy atom. The van der Waals surface area contributed by atoms with Crippen LogP contribution in [0.3, 0.4) is 0 Å². The van der Waals surface area contributed by atoms with Crippen LogP contribution in [-0.4, -0.2) is 12.8 Å². The van der Waals surface area contributed by atoms with E-state index in [1.165, 1.54) is 0 Å². The van der Waals surface area contributed by atoms with Gasteiger partial charge in [-0.1, -0.05) is 62.7 Å². The van der Waals surface area contributed by atoms with Gasteiger partial charge in [-0.2, -0.15) is 0 Å². The van der Waals surface area contributed by atoms with Crippen LogP contribution in [0.4, 0.5) is 0 Å². The maximum absolute atomic E-state index is 12.8. The average Bonchev–Trinajstić information content (AvgIpc) is 2.49. The lowest BCUT2D eigenvalue weighted by atomic mass is 10.2. The largest absolute Gasteiger partial charge is 0.424 e. The summed E-state index contributed by atoms with van der Waals surface area (Å²) in [5.41, 5.74) is 0. The van der Waals surface area contributed by atoms with Crippen molar-refractivity contribution in [2.45, 2.75) is 52.4 Å². The average molecular weight is 367 g/mol. The van der Waals surface area contributed by atoms with Crippen LogP contribution in [0.15, 0.2) is 18.2 Å². The molecule has 1 aromatic rings. The number of hydrogen-bond donors (Lipinski definition) is 0. The van der Waals surface area contributed by atoms with Gasteiger partial charge >= 0.3 is 7.60 Å². The molecule has 1 rings (SSSR count). The third-order valence-corrected chi connectivity index (χ3v) is 5.87. The molecular weight excluding hydrogens is 342 g/mol. The number of benzene rings is 1. The third kappa shape index (κ3) is 7.37. The van der Waals surface area contributed by atoms with E-state index in [0.717, 1.165) is 38.5 Å². The standard InChI is InChI=1S/C16H25Cl2O3P/c1-3-5-7-8-11-20-22(19,12-6-4-2)21-14-9-10-15(17)16(18)13-14/h9-10,13H,3-8,11-12H2,1-2H3. The zero-order valence-corrected chi connectivity index (χ0v) is 15.7. The molecule has 1 unspecified atom stereocenters. The molecule has 0 bridgehead atoms. The molecule has 0 aliphatic carbocycles. The molecule has 0 heterocycles. The van der Waals surface area contributed by atoms with Crippen LogP contribution >= 0.6 is 30.8 Å². The van der Waals surface area contributed by atoms with Gasteiger partial charge in [-0.25, -0.2) is 4.57 Å². The van der Waals surface area contributed by atoms with Crippen molar-refractivity contribution in [1.29, 1.82) is 0 Å². The Kier molecular flexibility index (Phi) is 9.51. The van der Waals surface area contributed by atoms with Crippen LogP contribution in [0.25, 0.3) is 0 Å². The molecule has 0 saturated heterocycles. The van der Waals surface area contributed by atoms with Gasteiger partial charge in [0.05, 0.1) is 22.8 Å². The Labute approximate surface area is 143 Å². The molecule has 1 atom stereocenters. The van der Waals surface area contributed by atoms with E-state index >= 15 is 0 Å². The first-order valence-electron chi connectivity index (χ1n) is 7.89. The highest BCUT2D eigenvalue weighted by Gasteiger charge is 2.25. The normalized spacial score (nSPS) is 13.8. The molecule has 0 aromatic heterocycles. The molecule has 0 spiro atoms. The van der Waals surface area contributed by atoms with Crippen LogP contribution in [0.1, 0.15) is 52.4 Å². The Bertz CT molecular complexity index is 494. The van der Waals surface area contributed by atoms with Crippen molar-refractivity contribution < 1.29 is 13.6 Å². The van der Waals surface area contributed by atoms with E-state index in [1.54, 1.807) is 18.2 Å². The van der Waals surface area contributed by atoms with Crippen LogP contribution in [-0.2, 0) is 9.09 Å². The fourth-order valence-corrected chi connectivity index (χ4v) is 4.02. The number of halogens is 2. The van der Waals surface area contributed by atoms with Gasteiger partial charge in [0.15, 0.2) is 0 Å². The fraction of sp³-hybridized carbons (Fsp3) is 0.625. The molecule has 0 fully saturated rings. The first kappa shape index (κ1) is 19.8. The second-order valence-corrected chi connectivity index (χ2v) is 8.17. The maximum Gasteiger partial charge on any atom is 0.379 e. The fourth-order valence-electron chi connectivity index (χ4n) is 1.92. The summed E-state index contributed by atoms with van der Waals surface area (Å²) in [5.74, 6) is 0.433. The van der Waals surface area contributed by atoms with Gasteiger partial charge in [-0.05, 0) is 25.0 Å². The van der Waals surface area contributed by atoms with E-state index < -0.39 is 7.60 Å². The molecule has 0 radical (unpaired) electrons. The second kappa shape index (κ2) is 10.5. The molecule has 0 saturated carbocycles. The van der Waals surface area contributed by atoms with E-state index in [-0.39, 0.29) is 0 Å². The lowest BCUT2D eigenvalue weighted by molar-refractivity contribution is 0.257. The Morgan fingerprint density at radius 3 is 2.36 bits per heavy atom. The van der Waals surface area contributed by atoms with E-state index in [2.05, 4.69) is 6.92 Å². The summed E-state index contributed by atoms with van der Waals surface area (Å²) in [6.45, 7) is 4.66. The van der Waals surface area contributed by atoms with Gasteiger partial charge in [0, 0.05) is 6.07 Å². The topological polar surface area (TPSA) is 35.5 Å². The zero-order chi connectivity index (χ0) is 16.4. The van der Waals surface area contributed by atoms with Gasteiger partial charge in [0.25, 0.3) is 0 Å². The highest BCUT2D eigenvalue weighted by atomic mass is 35.5. The van der Waals surface area contributed by atoms with Crippen molar-refractivity contribution in [2.24, 2.45) is 0 Å². The molecule has 0 N–H and O–H groups in total. The maximum atomic E-state index is 12.8. The SMILES string of the molecule is CCCCCCOP(=O)(CCCC)Oc1ccc(Cl)c(Cl)c1. The Balaban J connectivity index is 2.64. The third-order valence-electron chi connectivity index (χ3n) is 3.21. The molecule has 3 nitrogen and oxygen atoms in total. The van der Waals surface area contributed by atoms with Gasteiger partial charge in [-0.3, -0.25) is 4.52 Å².